The van der Waals surface area contributed by atoms with E-state index in [1.54, 1.807) is 6.33 Å². The number of benzene rings is 1. The molecule has 1 saturated heterocycles. The third-order valence-electron chi connectivity index (χ3n) is 6.82. The molecule has 1 fully saturated rings. The molecule has 192 valence electrons. The SMILES string of the molecule is Cc1cccc(-c2[nH]cnc2-c2ccc3ncc(-c4csc(C(=O)OCCN5CC[C@@H](N)C5)c4)cc3c2)n1. The quantitative estimate of drug-likeness (QED) is 0.291. The lowest BCUT2D eigenvalue weighted by Crippen LogP contribution is -2.29. The molecule has 5 heterocycles. The molecule has 3 N–H and O–H groups in total. The minimum Gasteiger partial charge on any atom is -0.460 e. The van der Waals surface area contributed by atoms with Crippen LogP contribution in [0.15, 0.2) is 66.4 Å². The molecule has 1 aromatic carbocycles. The number of hydrogen-bond acceptors (Lipinski definition) is 8. The summed E-state index contributed by atoms with van der Waals surface area (Å²) < 4.78 is 5.52. The summed E-state index contributed by atoms with van der Waals surface area (Å²) in [5, 5.41) is 2.96. The van der Waals surface area contributed by atoms with Crippen molar-refractivity contribution in [3.63, 3.8) is 0 Å². The third kappa shape index (κ3) is 5.08. The molecule has 1 aliphatic heterocycles. The Morgan fingerprint density at radius 3 is 2.89 bits per heavy atom. The molecular weight excluding hydrogens is 496 g/mol. The number of esters is 1. The number of H-pyrrole nitrogens is 1. The van der Waals surface area contributed by atoms with Gasteiger partial charge in [-0.1, -0.05) is 12.1 Å². The zero-order chi connectivity index (χ0) is 26.1. The van der Waals surface area contributed by atoms with E-state index in [1.807, 2.05) is 54.9 Å². The number of thiophene rings is 1. The third-order valence-corrected chi connectivity index (χ3v) is 7.73. The molecule has 9 heteroatoms. The van der Waals surface area contributed by atoms with Gasteiger partial charge in [0, 0.05) is 47.5 Å². The summed E-state index contributed by atoms with van der Waals surface area (Å²) in [5.74, 6) is -0.295. The number of hydrogen-bond donors (Lipinski definition) is 2. The van der Waals surface area contributed by atoms with Crippen LogP contribution >= 0.6 is 11.3 Å². The summed E-state index contributed by atoms with van der Waals surface area (Å²) >= 11 is 1.39. The van der Waals surface area contributed by atoms with Crippen LogP contribution in [0, 0.1) is 6.92 Å². The molecule has 1 atom stereocenters. The number of likely N-dealkylation sites (tertiary alicyclic amines) is 1. The number of imidazole rings is 1. The Morgan fingerprint density at radius 2 is 2.05 bits per heavy atom. The van der Waals surface area contributed by atoms with Gasteiger partial charge in [0.25, 0.3) is 0 Å². The van der Waals surface area contributed by atoms with Gasteiger partial charge in [-0.15, -0.1) is 11.3 Å². The number of fused-ring (bicyclic) bond motifs is 1. The molecule has 4 aromatic heterocycles. The van der Waals surface area contributed by atoms with Crippen LogP contribution in [0.2, 0.25) is 0 Å². The number of ether oxygens (including phenoxy) is 1. The van der Waals surface area contributed by atoms with Gasteiger partial charge < -0.3 is 15.5 Å². The fourth-order valence-electron chi connectivity index (χ4n) is 4.83. The van der Waals surface area contributed by atoms with E-state index in [1.165, 1.54) is 11.3 Å². The van der Waals surface area contributed by atoms with Gasteiger partial charge in [0.1, 0.15) is 11.5 Å². The minimum atomic E-state index is -0.295. The van der Waals surface area contributed by atoms with Crippen LogP contribution in [-0.4, -0.2) is 63.1 Å². The number of nitrogens with two attached hydrogens (primary N) is 1. The number of pyridine rings is 2. The Hall–Kier alpha value is -3.92. The second kappa shape index (κ2) is 10.4. The van der Waals surface area contributed by atoms with Gasteiger partial charge in [0.05, 0.1) is 28.9 Å². The Kier molecular flexibility index (Phi) is 6.71. The fraction of sp³-hybridized carbons (Fsp3) is 0.241. The van der Waals surface area contributed by atoms with Gasteiger partial charge in [-0.05, 0) is 67.2 Å². The second-order valence-electron chi connectivity index (χ2n) is 9.61. The highest BCUT2D eigenvalue weighted by atomic mass is 32.1. The Balaban J connectivity index is 1.20. The molecule has 38 heavy (non-hydrogen) atoms. The predicted molar refractivity (Wildman–Crippen MR) is 150 cm³/mol. The van der Waals surface area contributed by atoms with E-state index in [0.29, 0.717) is 18.0 Å². The lowest BCUT2D eigenvalue weighted by molar-refractivity contribution is 0.0477. The number of nitrogens with zero attached hydrogens (tertiary/aromatic N) is 4. The zero-order valence-electron chi connectivity index (χ0n) is 21.1. The van der Waals surface area contributed by atoms with E-state index in [2.05, 4.69) is 37.0 Å². The van der Waals surface area contributed by atoms with Gasteiger partial charge in [0.2, 0.25) is 0 Å². The normalized spacial score (nSPS) is 15.8. The van der Waals surface area contributed by atoms with Crippen molar-refractivity contribution >= 4 is 28.2 Å². The molecule has 6 rings (SSSR count). The topological polar surface area (TPSA) is 110 Å². The lowest BCUT2D eigenvalue weighted by Gasteiger charge is -2.14. The van der Waals surface area contributed by atoms with Crippen molar-refractivity contribution in [2.24, 2.45) is 5.73 Å². The molecule has 0 aliphatic carbocycles. The molecule has 0 amide bonds. The molecular formula is C29H28N6O2S. The summed E-state index contributed by atoms with van der Waals surface area (Å²) in [7, 11) is 0. The molecule has 0 unspecified atom stereocenters. The number of rotatable bonds is 7. The van der Waals surface area contributed by atoms with Crippen LogP contribution in [0.3, 0.4) is 0 Å². The maximum absolute atomic E-state index is 12.6. The summed E-state index contributed by atoms with van der Waals surface area (Å²) in [6, 6.07) is 16.3. The van der Waals surface area contributed by atoms with Crippen molar-refractivity contribution in [2.75, 3.05) is 26.2 Å². The van der Waals surface area contributed by atoms with Crippen molar-refractivity contribution in [1.29, 1.82) is 0 Å². The van der Waals surface area contributed by atoms with Crippen molar-refractivity contribution in [3.05, 3.63) is 77.0 Å². The van der Waals surface area contributed by atoms with Crippen LogP contribution < -0.4 is 5.73 Å². The number of carbonyl (C=O) groups is 1. The maximum atomic E-state index is 12.6. The van der Waals surface area contributed by atoms with Crippen molar-refractivity contribution in [2.45, 2.75) is 19.4 Å². The van der Waals surface area contributed by atoms with E-state index in [4.69, 9.17) is 10.5 Å². The Morgan fingerprint density at radius 1 is 1.16 bits per heavy atom. The Bertz CT molecular complexity index is 1610. The minimum absolute atomic E-state index is 0.226. The molecule has 0 radical (unpaired) electrons. The van der Waals surface area contributed by atoms with E-state index in [-0.39, 0.29) is 12.0 Å². The van der Waals surface area contributed by atoms with E-state index >= 15 is 0 Å². The van der Waals surface area contributed by atoms with Crippen LogP contribution in [0.5, 0.6) is 0 Å². The first-order valence-electron chi connectivity index (χ1n) is 12.6. The van der Waals surface area contributed by atoms with Crippen LogP contribution in [0.1, 0.15) is 21.8 Å². The highest BCUT2D eigenvalue weighted by Gasteiger charge is 2.19. The van der Waals surface area contributed by atoms with Gasteiger partial charge in [-0.25, -0.2) is 9.78 Å². The Labute approximate surface area is 224 Å². The smallest absolute Gasteiger partial charge is 0.348 e. The maximum Gasteiger partial charge on any atom is 0.348 e. The molecule has 0 spiro atoms. The van der Waals surface area contributed by atoms with Crippen LogP contribution in [-0.2, 0) is 4.74 Å². The summed E-state index contributed by atoms with van der Waals surface area (Å²) in [6.07, 6.45) is 4.53. The second-order valence-corrected chi connectivity index (χ2v) is 10.5. The predicted octanol–water partition coefficient (Wildman–Crippen LogP) is 4.91. The van der Waals surface area contributed by atoms with Gasteiger partial charge in [0.15, 0.2) is 0 Å². The number of aryl methyl sites for hydroxylation is 1. The van der Waals surface area contributed by atoms with Gasteiger partial charge in [-0.3, -0.25) is 14.9 Å². The van der Waals surface area contributed by atoms with Gasteiger partial charge >= 0.3 is 5.97 Å². The highest BCUT2D eigenvalue weighted by molar-refractivity contribution is 7.12. The number of aromatic amines is 1. The molecule has 0 bridgehead atoms. The zero-order valence-corrected chi connectivity index (χ0v) is 21.9. The summed E-state index contributed by atoms with van der Waals surface area (Å²) in [5.41, 5.74) is 13.2. The van der Waals surface area contributed by atoms with Gasteiger partial charge in [-0.2, -0.15) is 0 Å². The summed E-state index contributed by atoms with van der Waals surface area (Å²) in [6.45, 7) is 4.88. The van der Waals surface area contributed by atoms with E-state index in [9.17, 15) is 4.79 Å². The van der Waals surface area contributed by atoms with Crippen molar-refractivity contribution < 1.29 is 9.53 Å². The van der Waals surface area contributed by atoms with Crippen LogP contribution in [0.25, 0.3) is 44.7 Å². The molecule has 1 aliphatic rings. The lowest BCUT2D eigenvalue weighted by atomic mass is 10.0. The first-order valence-corrected chi connectivity index (χ1v) is 13.5. The molecule has 8 nitrogen and oxygen atoms in total. The fourth-order valence-corrected chi connectivity index (χ4v) is 5.63. The number of carbonyl (C=O) groups excluding carboxylic acids is 1. The van der Waals surface area contributed by atoms with E-state index < -0.39 is 0 Å². The standard InChI is InChI=1S/C29H28N6O2S/c1-18-3-2-4-25(34-18)28-27(32-17-33-28)19-5-6-24-20(11-19)12-21(14-31-24)22-13-26(38-16-22)29(36)37-10-9-35-8-7-23(30)15-35/h2-6,11-14,16-17,23H,7-10,15,30H2,1H3,(H,32,33)/t23-/m1/s1. The van der Waals surface area contributed by atoms with E-state index in [0.717, 1.165) is 69.9 Å². The average Bonchev–Trinajstić information content (AvgIpc) is 3.69. The molecule has 0 saturated carbocycles. The number of aromatic nitrogens is 4. The van der Waals surface area contributed by atoms with Crippen LogP contribution in [0.4, 0.5) is 0 Å². The first-order chi connectivity index (χ1) is 18.5. The highest BCUT2D eigenvalue weighted by Crippen LogP contribution is 2.32. The first kappa shape index (κ1) is 24.4. The van der Waals surface area contributed by atoms with Crippen molar-refractivity contribution in [1.82, 2.24) is 24.8 Å². The largest absolute Gasteiger partial charge is 0.460 e. The molecule has 5 aromatic rings. The average molecular weight is 525 g/mol. The van der Waals surface area contributed by atoms with Crippen molar-refractivity contribution in [3.8, 4) is 33.8 Å². The number of nitrogens with one attached hydrogen (secondary N) is 1. The monoisotopic (exact) mass is 524 g/mol. The summed E-state index contributed by atoms with van der Waals surface area (Å²) in [4.78, 5) is 32.5.